The number of anilines is 1. The normalized spacial score (nSPS) is 14.4. The van der Waals surface area contributed by atoms with Gasteiger partial charge in [-0.1, -0.05) is 48.0 Å². The maximum absolute atomic E-state index is 12.7. The summed E-state index contributed by atoms with van der Waals surface area (Å²) in [6.07, 6.45) is 0.327. The van der Waals surface area contributed by atoms with E-state index in [1.54, 1.807) is 0 Å². The molecule has 4 heteroatoms. The van der Waals surface area contributed by atoms with Gasteiger partial charge in [-0.2, -0.15) is 0 Å². The molecule has 1 N–H and O–H groups in total. The van der Waals surface area contributed by atoms with Crippen molar-refractivity contribution >= 4 is 23.2 Å². The van der Waals surface area contributed by atoms with Crippen LogP contribution in [-0.2, 0) is 17.8 Å². The minimum absolute atomic E-state index is 0.0826. The molecule has 2 aromatic rings. The lowest BCUT2D eigenvalue weighted by molar-refractivity contribution is -0.118. The number of fused-ring (bicyclic) bond motifs is 1. The Bertz CT molecular complexity index is 657. The lowest BCUT2D eigenvalue weighted by Crippen LogP contribution is -2.35. The topological polar surface area (TPSA) is 32.3 Å². The summed E-state index contributed by atoms with van der Waals surface area (Å²) in [5.74, 6) is 0.0826. The molecule has 0 saturated carbocycles. The van der Waals surface area contributed by atoms with E-state index in [1.807, 2.05) is 47.4 Å². The Kier molecular flexibility index (Phi) is 4.23. The van der Waals surface area contributed by atoms with Crippen LogP contribution in [0.3, 0.4) is 0 Å². The van der Waals surface area contributed by atoms with Gasteiger partial charge in [0.15, 0.2) is 0 Å². The number of carbonyl (C=O) groups is 1. The number of hydrogen-bond acceptors (Lipinski definition) is 2. The third-order valence-corrected chi connectivity index (χ3v) is 4.08. The fourth-order valence-corrected chi connectivity index (χ4v) is 2.82. The molecule has 0 fully saturated rings. The van der Waals surface area contributed by atoms with Crippen LogP contribution in [0.1, 0.15) is 11.1 Å². The molecule has 0 radical (unpaired) electrons. The summed E-state index contributed by atoms with van der Waals surface area (Å²) >= 11 is 6.16. The highest BCUT2D eigenvalue weighted by Crippen LogP contribution is 2.24. The van der Waals surface area contributed by atoms with Gasteiger partial charge in [-0.05, 0) is 23.3 Å². The number of carbonyl (C=O) groups excluding carboxylic acids is 1. The highest BCUT2D eigenvalue weighted by atomic mass is 35.5. The second-order valence-electron chi connectivity index (χ2n) is 5.12. The van der Waals surface area contributed by atoms with E-state index < -0.39 is 0 Å². The van der Waals surface area contributed by atoms with Crippen LogP contribution in [0.5, 0.6) is 0 Å². The van der Waals surface area contributed by atoms with Crippen LogP contribution in [0.4, 0.5) is 5.69 Å². The summed E-state index contributed by atoms with van der Waals surface area (Å²) < 4.78 is 0. The molecule has 0 spiro atoms. The van der Waals surface area contributed by atoms with Crippen LogP contribution in [0.15, 0.2) is 48.5 Å². The number of rotatable bonds is 2. The first-order chi connectivity index (χ1) is 10.3. The Morgan fingerprint density at radius 2 is 1.90 bits per heavy atom. The minimum Gasteiger partial charge on any atom is -0.311 e. The highest BCUT2D eigenvalue weighted by molar-refractivity contribution is 6.31. The van der Waals surface area contributed by atoms with Gasteiger partial charge in [0.25, 0.3) is 0 Å². The van der Waals surface area contributed by atoms with Crippen LogP contribution < -0.4 is 10.2 Å². The predicted molar refractivity (Wildman–Crippen MR) is 85.7 cm³/mol. The van der Waals surface area contributed by atoms with Gasteiger partial charge in [0.1, 0.15) is 0 Å². The molecule has 0 aromatic heterocycles. The Morgan fingerprint density at radius 1 is 1.14 bits per heavy atom. The zero-order chi connectivity index (χ0) is 14.7. The summed E-state index contributed by atoms with van der Waals surface area (Å²) in [6, 6.07) is 15.6. The lowest BCUT2D eigenvalue weighted by atomic mass is 10.1. The van der Waals surface area contributed by atoms with Crippen LogP contribution >= 0.6 is 11.6 Å². The van der Waals surface area contributed by atoms with Crippen molar-refractivity contribution in [1.29, 1.82) is 0 Å². The molecule has 1 heterocycles. The van der Waals surface area contributed by atoms with E-state index in [2.05, 4.69) is 11.4 Å². The third-order valence-electron chi connectivity index (χ3n) is 3.71. The van der Waals surface area contributed by atoms with Crippen molar-refractivity contribution < 1.29 is 4.79 Å². The van der Waals surface area contributed by atoms with Crippen molar-refractivity contribution in [3.8, 4) is 0 Å². The molecular formula is C17H17ClN2O. The van der Waals surface area contributed by atoms with Gasteiger partial charge in [0.05, 0.1) is 6.42 Å². The summed E-state index contributed by atoms with van der Waals surface area (Å²) in [4.78, 5) is 14.5. The van der Waals surface area contributed by atoms with Crippen molar-refractivity contribution in [2.24, 2.45) is 0 Å². The van der Waals surface area contributed by atoms with Crippen LogP contribution in [0, 0.1) is 0 Å². The molecule has 0 saturated heterocycles. The SMILES string of the molecule is O=C(Cc1ccccc1Cl)N1CCNCc2ccccc21. The fourth-order valence-electron chi connectivity index (χ4n) is 2.62. The highest BCUT2D eigenvalue weighted by Gasteiger charge is 2.21. The third kappa shape index (κ3) is 3.09. The number of nitrogens with zero attached hydrogens (tertiary/aromatic N) is 1. The number of benzene rings is 2. The molecule has 0 unspecified atom stereocenters. The molecule has 21 heavy (non-hydrogen) atoms. The van der Waals surface area contributed by atoms with E-state index in [0.717, 1.165) is 29.9 Å². The molecule has 1 amide bonds. The van der Waals surface area contributed by atoms with Crippen LogP contribution in [0.2, 0.25) is 5.02 Å². The number of nitrogens with one attached hydrogen (secondary N) is 1. The van der Waals surface area contributed by atoms with E-state index in [-0.39, 0.29) is 5.91 Å². The first-order valence-electron chi connectivity index (χ1n) is 7.08. The minimum atomic E-state index is 0.0826. The summed E-state index contributed by atoms with van der Waals surface area (Å²) in [5, 5.41) is 3.99. The Hall–Kier alpha value is -1.84. The first kappa shape index (κ1) is 14.1. The average molecular weight is 301 g/mol. The lowest BCUT2D eigenvalue weighted by Gasteiger charge is -2.22. The summed E-state index contributed by atoms with van der Waals surface area (Å²) in [6.45, 7) is 2.27. The van der Waals surface area contributed by atoms with Gasteiger partial charge in [-0.3, -0.25) is 4.79 Å². The van der Waals surface area contributed by atoms with Gasteiger partial charge in [0, 0.05) is 30.3 Å². The van der Waals surface area contributed by atoms with Crippen LogP contribution in [-0.4, -0.2) is 19.0 Å². The number of halogens is 1. The number of para-hydroxylation sites is 1. The molecule has 1 aliphatic rings. The Balaban J connectivity index is 1.86. The van der Waals surface area contributed by atoms with Gasteiger partial charge in [-0.15, -0.1) is 0 Å². The van der Waals surface area contributed by atoms with Crippen molar-refractivity contribution in [1.82, 2.24) is 5.32 Å². The maximum Gasteiger partial charge on any atom is 0.231 e. The molecule has 0 aliphatic carbocycles. The largest absolute Gasteiger partial charge is 0.311 e. The monoisotopic (exact) mass is 300 g/mol. The van der Waals surface area contributed by atoms with Crippen molar-refractivity contribution in [2.45, 2.75) is 13.0 Å². The molecule has 0 bridgehead atoms. The molecule has 3 rings (SSSR count). The Morgan fingerprint density at radius 3 is 2.76 bits per heavy atom. The van der Waals surface area contributed by atoms with Crippen molar-refractivity contribution in [3.63, 3.8) is 0 Å². The smallest absolute Gasteiger partial charge is 0.231 e. The average Bonchev–Trinajstić information content (AvgIpc) is 2.72. The van der Waals surface area contributed by atoms with E-state index in [0.29, 0.717) is 18.0 Å². The molecule has 108 valence electrons. The van der Waals surface area contributed by atoms with E-state index in [4.69, 9.17) is 11.6 Å². The molecular weight excluding hydrogens is 284 g/mol. The van der Waals surface area contributed by atoms with Gasteiger partial charge in [0.2, 0.25) is 5.91 Å². The molecule has 3 nitrogen and oxygen atoms in total. The van der Waals surface area contributed by atoms with Gasteiger partial charge in [-0.25, -0.2) is 0 Å². The van der Waals surface area contributed by atoms with E-state index >= 15 is 0 Å². The van der Waals surface area contributed by atoms with Gasteiger partial charge < -0.3 is 10.2 Å². The standard InChI is InChI=1S/C17H17ClN2O/c18-15-7-3-1-5-13(15)11-17(21)20-10-9-19-12-14-6-2-4-8-16(14)20/h1-8,19H,9-12H2. The van der Waals surface area contributed by atoms with Gasteiger partial charge >= 0.3 is 0 Å². The first-order valence-corrected chi connectivity index (χ1v) is 7.46. The zero-order valence-corrected chi connectivity index (χ0v) is 12.4. The summed E-state index contributed by atoms with van der Waals surface area (Å²) in [5.41, 5.74) is 3.03. The Labute approximate surface area is 129 Å². The van der Waals surface area contributed by atoms with E-state index in [1.165, 1.54) is 0 Å². The molecule has 2 aromatic carbocycles. The number of amides is 1. The molecule has 1 aliphatic heterocycles. The second-order valence-corrected chi connectivity index (χ2v) is 5.53. The van der Waals surface area contributed by atoms with Crippen molar-refractivity contribution in [2.75, 3.05) is 18.0 Å². The maximum atomic E-state index is 12.7. The zero-order valence-electron chi connectivity index (χ0n) is 11.7. The van der Waals surface area contributed by atoms with E-state index in [9.17, 15) is 4.79 Å². The summed E-state index contributed by atoms with van der Waals surface area (Å²) in [7, 11) is 0. The molecule has 0 atom stereocenters. The quantitative estimate of drug-likeness (QED) is 0.924. The fraction of sp³-hybridized carbons (Fsp3) is 0.235. The van der Waals surface area contributed by atoms with Crippen molar-refractivity contribution in [3.05, 3.63) is 64.7 Å². The number of hydrogen-bond donors (Lipinski definition) is 1. The van der Waals surface area contributed by atoms with Crippen LogP contribution in [0.25, 0.3) is 0 Å². The predicted octanol–water partition coefficient (Wildman–Crippen LogP) is 3.02. The second kappa shape index (κ2) is 6.29.